The van der Waals surface area contributed by atoms with Crippen molar-refractivity contribution in [1.82, 2.24) is 15.6 Å². The van der Waals surface area contributed by atoms with Crippen LogP contribution in [0.5, 0.6) is 5.75 Å². The third-order valence-corrected chi connectivity index (χ3v) is 4.67. The number of hydrogen-bond acceptors (Lipinski definition) is 5. The zero-order valence-electron chi connectivity index (χ0n) is 15.4. The quantitative estimate of drug-likeness (QED) is 0.622. The van der Waals surface area contributed by atoms with Crippen LogP contribution in [-0.4, -0.2) is 34.5 Å². The molecule has 0 radical (unpaired) electrons. The minimum absolute atomic E-state index is 0.0762. The highest BCUT2D eigenvalue weighted by Crippen LogP contribution is 2.38. The normalized spacial score (nSPS) is 17.0. The SMILES string of the molecule is Cc1cc(C(F)(F)F)cc(O)c1-c1ccc(C(=O)NC2CCC(=O)NC2)c(N)n1. The van der Waals surface area contributed by atoms with E-state index in [-0.39, 0.29) is 40.2 Å². The van der Waals surface area contributed by atoms with Crippen molar-refractivity contribution in [3.8, 4) is 17.0 Å². The van der Waals surface area contributed by atoms with Gasteiger partial charge in [-0.25, -0.2) is 4.98 Å². The second kappa shape index (κ2) is 7.61. The van der Waals surface area contributed by atoms with Gasteiger partial charge < -0.3 is 21.5 Å². The number of aromatic hydroxyl groups is 1. The average Bonchev–Trinajstić information content (AvgIpc) is 2.62. The van der Waals surface area contributed by atoms with Crippen LogP contribution >= 0.6 is 0 Å². The lowest BCUT2D eigenvalue weighted by Gasteiger charge is -2.23. The number of nitrogens with two attached hydrogens (primary N) is 1. The van der Waals surface area contributed by atoms with Gasteiger partial charge in [-0.15, -0.1) is 0 Å². The van der Waals surface area contributed by atoms with Crippen LogP contribution < -0.4 is 16.4 Å². The molecule has 7 nitrogen and oxygen atoms in total. The van der Waals surface area contributed by atoms with Crippen LogP contribution in [0.1, 0.15) is 34.3 Å². The minimum Gasteiger partial charge on any atom is -0.507 e. The summed E-state index contributed by atoms with van der Waals surface area (Å²) in [6.45, 7) is 1.73. The molecule has 154 valence electrons. The fraction of sp³-hybridized carbons (Fsp3) is 0.316. The molecule has 1 aromatic carbocycles. The molecule has 29 heavy (non-hydrogen) atoms. The highest BCUT2D eigenvalue weighted by Gasteiger charge is 2.32. The lowest BCUT2D eigenvalue weighted by molar-refractivity contribution is -0.137. The number of benzene rings is 1. The smallest absolute Gasteiger partial charge is 0.416 e. The van der Waals surface area contributed by atoms with Crippen molar-refractivity contribution in [3.05, 3.63) is 41.0 Å². The number of carbonyl (C=O) groups is 2. The number of carbonyl (C=O) groups excluding carboxylic acids is 2. The van der Waals surface area contributed by atoms with Crippen LogP contribution in [0, 0.1) is 6.92 Å². The number of aromatic nitrogens is 1. The molecule has 0 aliphatic carbocycles. The largest absolute Gasteiger partial charge is 0.507 e. The van der Waals surface area contributed by atoms with Crippen molar-refractivity contribution in [3.63, 3.8) is 0 Å². The molecule has 1 atom stereocenters. The second-order valence-corrected chi connectivity index (χ2v) is 6.83. The van der Waals surface area contributed by atoms with E-state index in [0.717, 1.165) is 6.07 Å². The first-order valence-electron chi connectivity index (χ1n) is 8.81. The minimum atomic E-state index is -4.59. The molecular formula is C19H19F3N4O3. The van der Waals surface area contributed by atoms with Gasteiger partial charge in [0.2, 0.25) is 5.91 Å². The Morgan fingerprint density at radius 2 is 2.07 bits per heavy atom. The molecule has 1 fully saturated rings. The van der Waals surface area contributed by atoms with Crippen LogP contribution in [0.2, 0.25) is 0 Å². The summed E-state index contributed by atoms with van der Waals surface area (Å²) in [5.41, 5.74) is 5.42. The summed E-state index contributed by atoms with van der Waals surface area (Å²) in [6, 6.07) is 4.09. The highest BCUT2D eigenvalue weighted by atomic mass is 19.4. The number of halogens is 3. The van der Waals surface area contributed by atoms with Gasteiger partial charge in [0.25, 0.3) is 5.91 Å². The van der Waals surface area contributed by atoms with Crippen molar-refractivity contribution in [1.29, 1.82) is 0 Å². The van der Waals surface area contributed by atoms with E-state index in [0.29, 0.717) is 25.5 Å². The van der Waals surface area contributed by atoms with Gasteiger partial charge in [0.15, 0.2) is 0 Å². The third-order valence-electron chi connectivity index (χ3n) is 4.67. The molecule has 0 bridgehead atoms. The van der Waals surface area contributed by atoms with E-state index >= 15 is 0 Å². The molecule has 1 saturated heterocycles. The van der Waals surface area contributed by atoms with Crippen molar-refractivity contribution in [2.45, 2.75) is 32.0 Å². The molecule has 1 unspecified atom stereocenters. The number of amides is 2. The number of nitrogen functional groups attached to an aromatic ring is 1. The Bertz CT molecular complexity index is 943. The number of rotatable bonds is 3. The number of pyridine rings is 1. The fourth-order valence-corrected chi connectivity index (χ4v) is 3.19. The van der Waals surface area contributed by atoms with Gasteiger partial charge in [-0.2, -0.15) is 13.2 Å². The van der Waals surface area contributed by atoms with Gasteiger partial charge in [-0.1, -0.05) is 0 Å². The van der Waals surface area contributed by atoms with Gasteiger partial charge in [-0.05, 0) is 43.2 Å². The monoisotopic (exact) mass is 408 g/mol. The fourth-order valence-electron chi connectivity index (χ4n) is 3.19. The molecule has 2 aromatic rings. The number of piperidine rings is 1. The van der Waals surface area contributed by atoms with E-state index in [1.807, 2.05) is 0 Å². The molecule has 3 rings (SSSR count). The van der Waals surface area contributed by atoms with E-state index < -0.39 is 23.4 Å². The van der Waals surface area contributed by atoms with Gasteiger partial charge in [0.05, 0.1) is 16.8 Å². The first-order valence-corrected chi connectivity index (χ1v) is 8.81. The van der Waals surface area contributed by atoms with Crippen LogP contribution in [0.15, 0.2) is 24.3 Å². The lowest BCUT2D eigenvalue weighted by Crippen LogP contribution is -2.47. The number of nitrogens with zero attached hydrogens (tertiary/aromatic N) is 1. The average molecular weight is 408 g/mol. The molecule has 2 heterocycles. The second-order valence-electron chi connectivity index (χ2n) is 6.83. The number of aryl methyl sites for hydroxylation is 1. The summed E-state index contributed by atoms with van der Waals surface area (Å²) in [4.78, 5) is 27.7. The van der Waals surface area contributed by atoms with Crippen molar-refractivity contribution in [2.24, 2.45) is 0 Å². The Labute approximate surface area is 164 Å². The van der Waals surface area contributed by atoms with Gasteiger partial charge in [0, 0.05) is 24.6 Å². The van der Waals surface area contributed by atoms with Gasteiger partial charge >= 0.3 is 6.18 Å². The van der Waals surface area contributed by atoms with Crippen LogP contribution in [0.25, 0.3) is 11.3 Å². The summed E-state index contributed by atoms with van der Waals surface area (Å²) in [5.74, 6) is -1.26. The lowest BCUT2D eigenvalue weighted by atomic mass is 9.99. The molecule has 10 heteroatoms. The molecule has 0 spiro atoms. The molecule has 2 amide bonds. The highest BCUT2D eigenvalue weighted by molar-refractivity contribution is 5.99. The molecule has 5 N–H and O–H groups in total. The van der Waals surface area contributed by atoms with E-state index in [2.05, 4.69) is 15.6 Å². The number of phenols is 1. The zero-order chi connectivity index (χ0) is 21.3. The van der Waals surface area contributed by atoms with Gasteiger partial charge in [0.1, 0.15) is 11.6 Å². The Balaban J connectivity index is 1.84. The van der Waals surface area contributed by atoms with Crippen molar-refractivity contribution < 1.29 is 27.9 Å². The van der Waals surface area contributed by atoms with Crippen LogP contribution in [-0.2, 0) is 11.0 Å². The molecule has 1 aliphatic heterocycles. The summed E-state index contributed by atoms with van der Waals surface area (Å²) >= 11 is 0. The maximum absolute atomic E-state index is 12.9. The molecule has 1 aromatic heterocycles. The van der Waals surface area contributed by atoms with Crippen LogP contribution in [0.3, 0.4) is 0 Å². The van der Waals surface area contributed by atoms with Crippen LogP contribution in [0.4, 0.5) is 19.0 Å². The standard InChI is InChI=1S/C19H19F3N4O3/c1-9-6-10(19(20,21)22)7-14(27)16(9)13-4-3-12(17(23)26-13)18(29)25-11-2-5-15(28)24-8-11/h3-4,6-7,11,27H,2,5,8H2,1H3,(H2,23,26)(H,24,28)(H,25,29). The molecule has 1 aliphatic rings. The third kappa shape index (κ3) is 4.41. The Kier molecular flexibility index (Phi) is 5.36. The number of nitrogens with one attached hydrogen (secondary N) is 2. The molecular weight excluding hydrogens is 389 g/mol. The molecule has 0 saturated carbocycles. The van der Waals surface area contributed by atoms with E-state index in [1.165, 1.54) is 19.1 Å². The first-order chi connectivity index (χ1) is 13.6. The maximum Gasteiger partial charge on any atom is 0.416 e. The van der Waals surface area contributed by atoms with Gasteiger partial charge in [-0.3, -0.25) is 9.59 Å². The first kappa shape index (κ1) is 20.4. The Morgan fingerprint density at radius 1 is 1.34 bits per heavy atom. The number of alkyl halides is 3. The number of phenolic OH excluding ortho intramolecular Hbond substituents is 1. The topological polar surface area (TPSA) is 117 Å². The summed E-state index contributed by atoms with van der Waals surface area (Å²) in [6.07, 6.45) is -3.78. The maximum atomic E-state index is 12.9. The summed E-state index contributed by atoms with van der Waals surface area (Å²) in [7, 11) is 0. The number of anilines is 1. The Hall–Kier alpha value is -3.30. The predicted octanol–water partition coefficient (Wildman–Crippen LogP) is 2.37. The summed E-state index contributed by atoms with van der Waals surface area (Å²) < 4.78 is 38.7. The summed E-state index contributed by atoms with van der Waals surface area (Å²) in [5, 5.41) is 15.5. The predicted molar refractivity (Wildman–Crippen MR) is 99.0 cm³/mol. The van der Waals surface area contributed by atoms with Crippen molar-refractivity contribution >= 4 is 17.6 Å². The number of hydrogen-bond donors (Lipinski definition) is 4. The van der Waals surface area contributed by atoms with E-state index in [4.69, 9.17) is 5.73 Å². The Morgan fingerprint density at radius 3 is 2.62 bits per heavy atom. The van der Waals surface area contributed by atoms with E-state index in [9.17, 15) is 27.9 Å². The van der Waals surface area contributed by atoms with Crippen molar-refractivity contribution in [2.75, 3.05) is 12.3 Å². The van der Waals surface area contributed by atoms with E-state index in [1.54, 1.807) is 0 Å². The zero-order valence-corrected chi connectivity index (χ0v) is 15.4.